The lowest BCUT2D eigenvalue weighted by Gasteiger charge is -2.16. The molecule has 7 heteroatoms. The highest BCUT2D eigenvalue weighted by Crippen LogP contribution is 2.39. The zero-order valence-electron chi connectivity index (χ0n) is 11.6. The fraction of sp³-hybridized carbons (Fsp3) is 0.400. The number of benzene rings is 1. The van der Waals surface area contributed by atoms with Crippen LogP contribution < -0.4 is 4.90 Å². The highest BCUT2D eigenvalue weighted by molar-refractivity contribution is 6.31. The van der Waals surface area contributed by atoms with Crippen molar-refractivity contribution in [1.82, 2.24) is 10.1 Å². The first kappa shape index (κ1) is 13.7. The molecule has 5 nitrogen and oxygen atoms in total. The molecule has 1 atom stereocenters. The molecule has 1 amide bonds. The van der Waals surface area contributed by atoms with Crippen LogP contribution in [-0.4, -0.2) is 22.6 Å². The number of nitrogens with zero attached hydrogens (tertiary/aromatic N) is 3. The lowest BCUT2D eigenvalue weighted by molar-refractivity contribution is -0.117. The van der Waals surface area contributed by atoms with E-state index < -0.39 is 5.82 Å². The molecule has 2 aromatic rings. The molecular formula is C15H13ClFN3O2. The molecule has 1 saturated carbocycles. The second kappa shape index (κ2) is 5.05. The van der Waals surface area contributed by atoms with E-state index in [1.54, 1.807) is 11.0 Å². The molecule has 1 aliphatic heterocycles. The Morgan fingerprint density at radius 3 is 2.86 bits per heavy atom. The molecule has 0 spiro atoms. The molecule has 4 rings (SSSR count). The quantitative estimate of drug-likeness (QED) is 0.870. The van der Waals surface area contributed by atoms with Crippen molar-refractivity contribution in [1.29, 1.82) is 0 Å². The Morgan fingerprint density at radius 1 is 1.32 bits per heavy atom. The van der Waals surface area contributed by atoms with Gasteiger partial charge in [-0.05, 0) is 31.0 Å². The molecule has 0 N–H and O–H groups in total. The summed E-state index contributed by atoms with van der Waals surface area (Å²) in [5.41, 5.74) is 0.584. The van der Waals surface area contributed by atoms with Gasteiger partial charge in [0.25, 0.3) is 0 Å². The van der Waals surface area contributed by atoms with Gasteiger partial charge in [-0.15, -0.1) is 0 Å². The van der Waals surface area contributed by atoms with E-state index in [2.05, 4.69) is 10.1 Å². The van der Waals surface area contributed by atoms with Gasteiger partial charge in [0.15, 0.2) is 5.82 Å². The van der Waals surface area contributed by atoms with Crippen LogP contribution in [-0.2, 0) is 4.79 Å². The maximum absolute atomic E-state index is 13.2. The van der Waals surface area contributed by atoms with E-state index in [0.29, 0.717) is 30.5 Å². The predicted octanol–water partition coefficient (Wildman–Crippen LogP) is 3.26. The lowest BCUT2D eigenvalue weighted by Crippen LogP contribution is -2.24. The highest BCUT2D eigenvalue weighted by atomic mass is 35.5. The second-order valence-corrected chi connectivity index (χ2v) is 6.18. The van der Waals surface area contributed by atoms with Crippen molar-refractivity contribution in [3.8, 4) is 0 Å². The number of amides is 1. The van der Waals surface area contributed by atoms with Crippen molar-refractivity contribution < 1.29 is 13.7 Å². The molecule has 22 heavy (non-hydrogen) atoms. The van der Waals surface area contributed by atoms with Crippen molar-refractivity contribution in [3.05, 3.63) is 40.8 Å². The lowest BCUT2D eigenvalue weighted by atomic mass is 10.1. The predicted molar refractivity (Wildman–Crippen MR) is 77.4 cm³/mol. The summed E-state index contributed by atoms with van der Waals surface area (Å²) in [6, 6.07) is 4.27. The molecule has 1 aromatic heterocycles. The van der Waals surface area contributed by atoms with Crippen molar-refractivity contribution in [2.75, 3.05) is 11.4 Å². The molecule has 0 unspecified atom stereocenters. The molecule has 2 aliphatic rings. The minimum atomic E-state index is -0.500. The van der Waals surface area contributed by atoms with Gasteiger partial charge in [-0.25, -0.2) is 4.39 Å². The fourth-order valence-electron chi connectivity index (χ4n) is 2.70. The van der Waals surface area contributed by atoms with Gasteiger partial charge in [-0.3, -0.25) is 4.79 Å². The van der Waals surface area contributed by atoms with Gasteiger partial charge >= 0.3 is 0 Å². The van der Waals surface area contributed by atoms with Gasteiger partial charge in [0.2, 0.25) is 11.8 Å². The average molecular weight is 322 g/mol. The Hall–Kier alpha value is -1.95. The van der Waals surface area contributed by atoms with Gasteiger partial charge < -0.3 is 9.42 Å². The third-order valence-corrected chi connectivity index (χ3v) is 4.38. The molecule has 0 radical (unpaired) electrons. The van der Waals surface area contributed by atoms with Crippen LogP contribution in [0.3, 0.4) is 0 Å². The first-order valence-corrected chi connectivity index (χ1v) is 7.58. The van der Waals surface area contributed by atoms with Crippen LogP contribution >= 0.6 is 11.6 Å². The van der Waals surface area contributed by atoms with Crippen molar-refractivity contribution in [2.24, 2.45) is 0 Å². The van der Waals surface area contributed by atoms with E-state index >= 15 is 0 Å². The van der Waals surface area contributed by atoms with Gasteiger partial charge in [-0.2, -0.15) is 4.98 Å². The molecule has 1 aromatic carbocycles. The number of aromatic nitrogens is 2. The fourth-order valence-corrected chi connectivity index (χ4v) is 2.87. The summed E-state index contributed by atoms with van der Waals surface area (Å²) >= 11 is 5.78. The number of hydrogen-bond donors (Lipinski definition) is 0. The number of hydrogen-bond acceptors (Lipinski definition) is 4. The Balaban J connectivity index is 1.55. The highest BCUT2D eigenvalue weighted by Gasteiger charge is 2.37. The van der Waals surface area contributed by atoms with E-state index in [-0.39, 0.29) is 16.8 Å². The first-order chi connectivity index (χ1) is 10.6. The van der Waals surface area contributed by atoms with E-state index in [9.17, 15) is 9.18 Å². The zero-order valence-corrected chi connectivity index (χ0v) is 12.4. The van der Waals surface area contributed by atoms with Crippen LogP contribution in [0.25, 0.3) is 0 Å². The smallest absolute Gasteiger partial charge is 0.232 e. The maximum Gasteiger partial charge on any atom is 0.232 e. The summed E-state index contributed by atoms with van der Waals surface area (Å²) in [5.74, 6) is 0.980. The van der Waals surface area contributed by atoms with Gasteiger partial charge in [0, 0.05) is 24.6 Å². The monoisotopic (exact) mass is 321 g/mol. The molecule has 114 valence electrons. The van der Waals surface area contributed by atoms with E-state index in [1.807, 2.05) is 0 Å². The number of rotatable bonds is 3. The second-order valence-electron chi connectivity index (χ2n) is 5.77. The van der Waals surface area contributed by atoms with Crippen LogP contribution in [0, 0.1) is 5.82 Å². The Labute approximate surface area is 131 Å². The normalized spacial score (nSPS) is 21.6. The number of carbonyl (C=O) groups is 1. The number of carbonyl (C=O) groups excluding carboxylic acids is 1. The minimum Gasteiger partial charge on any atom is -0.339 e. The Morgan fingerprint density at radius 2 is 2.14 bits per heavy atom. The SMILES string of the molecule is O=C1C[C@H](c2nc(C3CC3)no2)CN1c1ccc(F)c(Cl)c1. The van der Waals surface area contributed by atoms with E-state index in [0.717, 1.165) is 18.7 Å². The number of anilines is 1. The largest absolute Gasteiger partial charge is 0.339 e. The summed E-state index contributed by atoms with van der Waals surface area (Å²) in [6.07, 6.45) is 2.51. The number of halogens is 2. The molecule has 0 bridgehead atoms. The third kappa shape index (κ3) is 2.37. The van der Waals surface area contributed by atoms with Gasteiger partial charge in [0.1, 0.15) is 5.82 Å². The van der Waals surface area contributed by atoms with Gasteiger partial charge in [0.05, 0.1) is 10.9 Å². The molecule has 1 aliphatic carbocycles. The van der Waals surface area contributed by atoms with Crippen LogP contribution in [0.4, 0.5) is 10.1 Å². The Kier molecular flexibility index (Phi) is 3.14. The average Bonchev–Trinajstić information content (AvgIpc) is 3.10. The van der Waals surface area contributed by atoms with Crippen LogP contribution in [0.2, 0.25) is 5.02 Å². The zero-order chi connectivity index (χ0) is 15.3. The summed E-state index contributed by atoms with van der Waals surface area (Å²) in [5, 5.41) is 3.99. The molecule has 2 fully saturated rings. The van der Waals surface area contributed by atoms with Crippen LogP contribution in [0.15, 0.2) is 22.7 Å². The standard InChI is InChI=1S/C15H13ClFN3O2/c16-11-6-10(3-4-12(11)17)20-7-9(5-13(20)21)15-18-14(19-22-15)8-1-2-8/h3-4,6,8-9H,1-2,5,7H2/t9-/m0/s1. The van der Waals surface area contributed by atoms with E-state index in [1.165, 1.54) is 12.1 Å². The summed E-state index contributed by atoms with van der Waals surface area (Å²) < 4.78 is 18.5. The van der Waals surface area contributed by atoms with E-state index in [4.69, 9.17) is 16.1 Å². The van der Waals surface area contributed by atoms with Gasteiger partial charge in [-0.1, -0.05) is 16.8 Å². The third-order valence-electron chi connectivity index (χ3n) is 4.09. The Bertz CT molecular complexity index is 744. The molecule has 1 saturated heterocycles. The van der Waals surface area contributed by atoms with Crippen molar-refractivity contribution in [3.63, 3.8) is 0 Å². The summed E-state index contributed by atoms with van der Waals surface area (Å²) in [6.45, 7) is 0.438. The maximum atomic E-state index is 13.2. The van der Waals surface area contributed by atoms with Crippen LogP contribution in [0.5, 0.6) is 0 Å². The minimum absolute atomic E-state index is 0.00237. The first-order valence-electron chi connectivity index (χ1n) is 7.20. The van der Waals surface area contributed by atoms with Crippen molar-refractivity contribution >= 4 is 23.2 Å². The summed E-state index contributed by atoms with van der Waals surface area (Å²) in [4.78, 5) is 18.2. The van der Waals surface area contributed by atoms with Crippen molar-refractivity contribution in [2.45, 2.75) is 31.1 Å². The molecule has 2 heterocycles. The summed E-state index contributed by atoms with van der Waals surface area (Å²) in [7, 11) is 0. The van der Waals surface area contributed by atoms with Crippen LogP contribution in [0.1, 0.15) is 42.8 Å². The topological polar surface area (TPSA) is 59.2 Å². The molecular weight excluding hydrogens is 309 g/mol.